The molecule has 1 atom stereocenters. The molecule has 1 unspecified atom stereocenters. The number of rotatable bonds is 4. The smallest absolute Gasteiger partial charge is 0.128 e. The second-order valence-corrected chi connectivity index (χ2v) is 5.91. The lowest BCUT2D eigenvalue weighted by Gasteiger charge is -2.29. The second kappa shape index (κ2) is 6.64. The zero-order chi connectivity index (χ0) is 14.6. The molecule has 0 saturated heterocycles. The van der Waals surface area contributed by atoms with E-state index in [1.165, 1.54) is 6.07 Å². The van der Waals surface area contributed by atoms with Crippen molar-refractivity contribution in [2.24, 2.45) is 0 Å². The molecular weight excluding hydrogens is 260 g/mol. The molecule has 0 radical (unpaired) electrons. The fourth-order valence-corrected chi connectivity index (χ4v) is 2.86. The highest BCUT2D eigenvalue weighted by Gasteiger charge is 2.28. The third-order valence-electron chi connectivity index (χ3n) is 4.20. The first-order valence-electron chi connectivity index (χ1n) is 7.41. The third-order valence-corrected chi connectivity index (χ3v) is 4.20. The lowest BCUT2D eigenvalue weighted by Crippen LogP contribution is -2.41. The van der Waals surface area contributed by atoms with E-state index in [0.29, 0.717) is 12.1 Å². The zero-order valence-corrected chi connectivity index (χ0v) is 12.0. The fraction of sp³-hybridized carbons (Fsp3) is 0.625. The molecule has 1 saturated carbocycles. The van der Waals surface area contributed by atoms with Gasteiger partial charge < -0.3 is 10.4 Å². The third kappa shape index (κ3) is 4.00. The number of benzene rings is 1. The molecule has 2 rings (SSSR count). The van der Waals surface area contributed by atoms with Gasteiger partial charge in [0.05, 0.1) is 5.60 Å². The molecule has 112 valence electrons. The Balaban J connectivity index is 1.97. The quantitative estimate of drug-likeness (QED) is 0.826. The van der Waals surface area contributed by atoms with Crippen LogP contribution in [0.4, 0.5) is 8.78 Å². The highest BCUT2D eigenvalue weighted by Crippen LogP contribution is 2.27. The van der Waals surface area contributed by atoms with Crippen LogP contribution in [0, 0.1) is 11.6 Å². The van der Waals surface area contributed by atoms with Crippen molar-refractivity contribution in [1.82, 2.24) is 5.32 Å². The minimum absolute atomic E-state index is 0.308. The van der Waals surface area contributed by atoms with E-state index in [4.69, 9.17) is 0 Å². The van der Waals surface area contributed by atoms with Gasteiger partial charge in [0.15, 0.2) is 0 Å². The van der Waals surface area contributed by atoms with Crippen molar-refractivity contribution in [3.8, 4) is 0 Å². The molecule has 20 heavy (non-hydrogen) atoms. The molecule has 1 aromatic rings. The summed E-state index contributed by atoms with van der Waals surface area (Å²) in [5.74, 6) is -0.859. The molecule has 0 aliphatic heterocycles. The van der Waals surface area contributed by atoms with Crippen LogP contribution in [0.1, 0.15) is 57.1 Å². The number of halogens is 2. The molecule has 0 bridgehead atoms. The summed E-state index contributed by atoms with van der Waals surface area (Å²) in [6.45, 7) is 2.21. The summed E-state index contributed by atoms with van der Waals surface area (Å²) in [4.78, 5) is 0. The summed E-state index contributed by atoms with van der Waals surface area (Å²) >= 11 is 0. The van der Waals surface area contributed by atoms with E-state index in [0.717, 1.165) is 50.7 Å². The van der Waals surface area contributed by atoms with E-state index in [-0.39, 0.29) is 6.04 Å². The molecular formula is C16H23F2NO. The first-order chi connectivity index (χ1) is 9.50. The van der Waals surface area contributed by atoms with Crippen LogP contribution in [0.15, 0.2) is 18.2 Å². The van der Waals surface area contributed by atoms with Gasteiger partial charge in [0.25, 0.3) is 0 Å². The van der Waals surface area contributed by atoms with E-state index in [1.54, 1.807) is 6.92 Å². The van der Waals surface area contributed by atoms with Crippen LogP contribution in [0.5, 0.6) is 0 Å². The Bertz CT molecular complexity index is 442. The molecule has 0 aromatic heterocycles. The van der Waals surface area contributed by atoms with Crippen LogP contribution in [0.2, 0.25) is 0 Å². The van der Waals surface area contributed by atoms with E-state index in [9.17, 15) is 13.9 Å². The molecule has 4 heteroatoms. The highest BCUT2D eigenvalue weighted by molar-refractivity contribution is 5.21. The van der Waals surface area contributed by atoms with E-state index in [1.807, 2.05) is 0 Å². The summed E-state index contributed by atoms with van der Waals surface area (Å²) in [5, 5.41) is 13.7. The van der Waals surface area contributed by atoms with Crippen molar-refractivity contribution in [2.75, 3.05) is 6.54 Å². The van der Waals surface area contributed by atoms with Gasteiger partial charge in [0, 0.05) is 18.2 Å². The normalized spacial score (nSPS) is 20.4. The summed E-state index contributed by atoms with van der Waals surface area (Å²) in [6, 6.07) is 3.15. The summed E-state index contributed by atoms with van der Waals surface area (Å²) in [6.07, 6.45) is 5.94. The molecule has 0 heterocycles. The molecule has 2 N–H and O–H groups in total. The van der Waals surface area contributed by atoms with Gasteiger partial charge in [-0.05, 0) is 38.0 Å². The fourth-order valence-electron chi connectivity index (χ4n) is 2.86. The monoisotopic (exact) mass is 283 g/mol. The Morgan fingerprint density at radius 1 is 1.20 bits per heavy atom. The van der Waals surface area contributed by atoms with Gasteiger partial charge in [-0.25, -0.2) is 8.78 Å². The zero-order valence-electron chi connectivity index (χ0n) is 12.0. The largest absolute Gasteiger partial charge is 0.389 e. The van der Waals surface area contributed by atoms with Crippen LogP contribution in [0.25, 0.3) is 0 Å². The molecule has 0 amide bonds. The number of aliphatic hydroxyl groups is 1. The second-order valence-electron chi connectivity index (χ2n) is 5.91. The van der Waals surface area contributed by atoms with E-state index < -0.39 is 17.2 Å². The summed E-state index contributed by atoms with van der Waals surface area (Å²) in [5.41, 5.74) is -0.406. The average Bonchev–Trinajstić information content (AvgIpc) is 2.64. The van der Waals surface area contributed by atoms with Crippen molar-refractivity contribution in [2.45, 2.75) is 57.1 Å². The number of nitrogens with one attached hydrogen (secondary N) is 1. The van der Waals surface area contributed by atoms with Crippen molar-refractivity contribution in [3.63, 3.8) is 0 Å². The highest BCUT2D eigenvalue weighted by atomic mass is 19.1. The Kier molecular flexibility index (Phi) is 5.11. The summed E-state index contributed by atoms with van der Waals surface area (Å²) in [7, 11) is 0. The Hall–Kier alpha value is -1.00. The first kappa shape index (κ1) is 15.4. The molecule has 1 aromatic carbocycles. The van der Waals surface area contributed by atoms with Crippen molar-refractivity contribution >= 4 is 0 Å². The van der Waals surface area contributed by atoms with E-state index >= 15 is 0 Å². The summed E-state index contributed by atoms with van der Waals surface area (Å²) < 4.78 is 26.9. The Labute approximate surface area is 119 Å². The predicted molar refractivity (Wildman–Crippen MR) is 75.4 cm³/mol. The van der Waals surface area contributed by atoms with Crippen LogP contribution in [-0.4, -0.2) is 17.3 Å². The predicted octanol–water partition coefficient (Wildman–Crippen LogP) is 3.70. The Morgan fingerprint density at radius 3 is 2.50 bits per heavy atom. The number of hydrogen-bond acceptors (Lipinski definition) is 2. The number of hydrogen-bond donors (Lipinski definition) is 2. The van der Waals surface area contributed by atoms with Gasteiger partial charge in [-0.15, -0.1) is 0 Å². The minimum Gasteiger partial charge on any atom is -0.389 e. The van der Waals surface area contributed by atoms with Crippen LogP contribution < -0.4 is 5.32 Å². The van der Waals surface area contributed by atoms with Crippen molar-refractivity contribution in [3.05, 3.63) is 35.4 Å². The lowest BCUT2D eigenvalue weighted by molar-refractivity contribution is 0.0230. The van der Waals surface area contributed by atoms with E-state index in [2.05, 4.69) is 5.32 Å². The van der Waals surface area contributed by atoms with Crippen molar-refractivity contribution < 1.29 is 13.9 Å². The van der Waals surface area contributed by atoms with Gasteiger partial charge in [-0.2, -0.15) is 0 Å². The average molecular weight is 283 g/mol. The van der Waals surface area contributed by atoms with Crippen molar-refractivity contribution in [1.29, 1.82) is 0 Å². The standard InChI is InChI=1S/C16H23F2NO/c1-12(14-10-13(17)6-7-15(14)18)19-11-16(20)8-4-2-3-5-9-16/h6-7,10,12,19-20H,2-5,8-9,11H2,1H3. The topological polar surface area (TPSA) is 32.3 Å². The lowest BCUT2D eigenvalue weighted by atomic mass is 9.94. The molecule has 2 nitrogen and oxygen atoms in total. The van der Waals surface area contributed by atoms with Crippen LogP contribution in [-0.2, 0) is 0 Å². The molecule has 0 spiro atoms. The molecule has 1 aliphatic rings. The van der Waals surface area contributed by atoms with Gasteiger partial charge >= 0.3 is 0 Å². The van der Waals surface area contributed by atoms with Crippen LogP contribution in [0.3, 0.4) is 0 Å². The van der Waals surface area contributed by atoms with Gasteiger partial charge in [-0.1, -0.05) is 25.7 Å². The molecule has 1 aliphatic carbocycles. The SMILES string of the molecule is CC(NCC1(O)CCCCCC1)c1cc(F)ccc1F. The molecule has 1 fully saturated rings. The van der Waals surface area contributed by atoms with Gasteiger partial charge in [0.2, 0.25) is 0 Å². The minimum atomic E-state index is -0.714. The maximum atomic E-state index is 13.7. The first-order valence-corrected chi connectivity index (χ1v) is 7.41. The Morgan fingerprint density at radius 2 is 1.85 bits per heavy atom. The van der Waals surface area contributed by atoms with Gasteiger partial charge in [0.1, 0.15) is 11.6 Å². The van der Waals surface area contributed by atoms with Gasteiger partial charge in [-0.3, -0.25) is 0 Å². The maximum Gasteiger partial charge on any atom is 0.128 e. The van der Waals surface area contributed by atoms with Crippen LogP contribution >= 0.6 is 0 Å². The maximum absolute atomic E-state index is 13.7.